The molecule has 0 radical (unpaired) electrons. The summed E-state index contributed by atoms with van der Waals surface area (Å²) in [7, 11) is 1.39. The molecular formula is C11H22N2O2S. The molecule has 0 aromatic carbocycles. The Bertz CT molecular complexity index is 232. The van der Waals surface area contributed by atoms with E-state index in [1.807, 2.05) is 0 Å². The molecule has 0 saturated carbocycles. The molecule has 0 amide bonds. The van der Waals surface area contributed by atoms with Gasteiger partial charge in [-0.1, -0.05) is 20.8 Å². The van der Waals surface area contributed by atoms with E-state index in [0.717, 1.165) is 13.0 Å². The van der Waals surface area contributed by atoms with Crippen molar-refractivity contribution >= 4 is 23.3 Å². The van der Waals surface area contributed by atoms with Crippen molar-refractivity contribution in [3.63, 3.8) is 0 Å². The number of carbonyl (C=O) groups excluding carboxylic acids is 1. The number of hydrogen-bond acceptors (Lipinski definition) is 3. The largest absolute Gasteiger partial charge is 0.467 e. The highest BCUT2D eigenvalue weighted by Crippen LogP contribution is 2.06. The van der Waals surface area contributed by atoms with Gasteiger partial charge in [0.15, 0.2) is 5.11 Å². The van der Waals surface area contributed by atoms with Gasteiger partial charge >= 0.3 is 5.97 Å². The van der Waals surface area contributed by atoms with Crippen LogP contribution in [-0.2, 0) is 9.53 Å². The third-order valence-electron chi connectivity index (χ3n) is 2.03. The van der Waals surface area contributed by atoms with Gasteiger partial charge in [0.05, 0.1) is 7.11 Å². The van der Waals surface area contributed by atoms with Crippen LogP contribution in [0.2, 0.25) is 0 Å². The summed E-state index contributed by atoms with van der Waals surface area (Å²) in [6.07, 6.45) is 1.70. The highest BCUT2D eigenvalue weighted by molar-refractivity contribution is 7.80. The Morgan fingerprint density at radius 2 is 2.06 bits per heavy atom. The maximum Gasteiger partial charge on any atom is 0.328 e. The van der Waals surface area contributed by atoms with E-state index in [9.17, 15) is 4.79 Å². The molecule has 5 heteroatoms. The number of nitrogens with one attached hydrogen (secondary N) is 2. The Kier molecular flexibility index (Phi) is 7.89. The summed E-state index contributed by atoms with van der Waals surface area (Å²) < 4.78 is 4.73. The summed E-state index contributed by atoms with van der Waals surface area (Å²) in [6.45, 7) is 6.98. The molecule has 0 bridgehead atoms. The SMILES string of the molecule is CCCNC(=S)NC(CC(C)C)C(=O)OC. The van der Waals surface area contributed by atoms with Crippen molar-refractivity contribution in [2.45, 2.75) is 39.7 Å². The van der Waals surface area contributed by atoms with Gasteiger partial charge in [0.2, 0.25) is 0 Å². The minimum atomic E-state index is -0.359. The number of hydrogen-bond donors (Lipinski definition) is 2. The Balaban J connectivity index is 4.19. The first-order chi connectivity index (χ1) is 7.51. The molecule has 94 valence electrons. The van der Waals surface area contributed by atoms with Crippen molar-refractivity contribution in [1.82, 2.24) is 10.6 Å². The molecule has 0 aromatic rings. The molecule has 0 fully saturated rings. The first kappa shape index (κ1) is 15.2. The van der Waals surface area contributed by atoms with E-state index in [1.165, 1.54) is 7.11 Å². The zero-order valence-electron chi connectivity index (χ0n) is 10.5. The highest BCUT2D eigenvalue weighted by Gasteiger charge is 2.20. The normalized spacial score (nSPS) is 12.1. The molecule has 0 aliphatic heterocycles. The highest BCUT2D eigenvalue weighted by atomic mass is 32.1. The lowest BCUT2D eigenvalue weighted by molar-refractivity contribution is -0.143. The number of esters is 1. The molecule has 0 aromatic heterocycles. The number of carbonyl (C=O) groups is 1. The van der Waals surface area contributed by atoms with E-state index in [1.54, 1.807) is 0 Å². The van der Waals surface area contributed by atoms with Gasteiger partial charge in [0, 0.05) is 6.54 Å². The molecule has 2 N–H and O–H groups in total. The van der Waals surface area contributed by atoms with Gasteiger partial charge in [-0.25, -0.2) is 4.79 Å². The second-order valence-corrected chi connectivity index (χ2v) is 4.51. The fourth-order valence-electron chi connectivity index (χ4n) is 1.28. The minimum Gasteiger partial charge on any atom is -0.467 e. The van der Waals surface area contributed by atoms with Gasteiger partial charge in [-0.05, 0) is 31.0 Å². The first-order valence-electron chi connectivity index (χ1n) is 5.63. The molecule has 4 nitrogen and oxygen atoms in total. The smallest absolute Gasteiger partial charge is 0.328 e. The van der Waals surface area contributed by atoms with Crippen molar-refractivity contribution in [3.8, 4) is 0 Å². The second-order valence-electron chi connectivity index (χ2n) is 4.11. The molecule has 0 saturated heterocycles. The summed E-state index contributed by atoms with van der Waals surface area (Å²) in [5, 5.41) is 6.52. The lowest BCUT2D eigenvalue weighted by Gasteiger charge is -2.20. The van der Waals surface area contributed by atoms with Crippen LogP contribution < -0.4 is 10.6 Å². The van der Waals surface area contributed by atoms with E-state index in [0.29, 0.717) is 17.5 Å². The zero-order valence-corrected chi connectivity index (χ0v) is 11.3. The quantitative estimate of drug-likeness (QED) is 0.549. The molecule has 0 heterocycles. The molecule has 0 spiro atoms. The summed E-state index contributed by atoms with van der Waals surface area (Å²) in [5.74, 6) is 0.139. The van der Waals surface area contributed by atoms with Gasteiger partial charge in [-0.2, -0.15) is 0 Å². The monoisotopic (exact) mass is 246 g/mol. The maximum atomic E-state index is 11.5. The molecule has 0 aliphatic carbocycles. The van der Waals surface area contributed by atoms with Crippen molar-refractivity contribution in [2.24, 2.45) is 5.92 Å². The van der Waals surface area contributed by atoms with Gasteiger partial charge in [-0.3, -0.25) is 0 Å². The topological polar surface area (TPSA) is 50.4 Å². The zero-order chi connectivity index (χ0) is 12.6. The van der Waals surface area contributed by atoms with Gasteiger partial charge in [-0.15, -0.1) is 0 Å². The molecule has 1 unspecified atom stereocenters. The fourth-order valence-corrected chi connectivity index (χ4v) is 1.52. The average Bonchev–Trinajstić information content (AvgIpc) is 2.23. The predicted octanol–water partition coefficient (Wildman–Crippen LogP) is 1.45. The van der Waals surface area contributed by atoms with Gasteiger partial charge in [0.1, 0.15) is 6.04 Å². The average molecular weight is 246 g/mol. The number of ether oxygens (including phenoxy) is 1. The summed E-state index contributed by atoms with van der Waals surface area (Å²) in [6, 6.07) is -0.359. The van der Waals surface area contributed by atoms with Crippen molar-refractivity contribution < 1.29 is 9.53 Å². The molecule has 0 aliphatic rings. The van der Waals surface area contributed by atoms with Crippen LogP contribution in [0.4, 0.5) is 0 Å². The summed E-state index contributed by atoms with van der Waals surface area (Å²) in [5.41, 5.74) is 0. The molecule has 1 atom stereocenters. The van der Waals surface area contributed by atoms with Crippen molar-refractivity contribution in [1.29, 1.82) is 0 Å². The maximum absolute atomic E-state index is 11.5. The summed E-state index contributed by atoms with van der Waals surface area (Å²) in [4.78, 5) is 11.5. The van der Waals surface area contributed by atoms with Crippen LogP contribution in [0.15, 0.2) is 0 Å². The van der Waals surface area contributed by atoms with Crippen molar-refractivity contribution in [3.05, 3.63) is 0 Å². The third-order valence-corrected chi connectivity index (χ3v) is 2.30. The number of thiocarbonyl (C=S) groups is 1. The lowest BCUT2D eigenvalue weighted by atomic mass is 10.0. The van der Waals surface area contributed by atoms with Crippen LogP contribution in [0.1, 0.15) is 33.6 Å². The van der Waals surface area contributed by atoms with Crippen LogP contribution in [0.25, 0.3) is 0 Å². The number of rotatable bonds is 6. The third kappa shape index (κ3) is 6.61. The van der Waals surface area contributed by atoms with Crippen LogP contribution in [0, 0.1) is 5.92 Å². The van der Waals surface area contributed by atoms with E-state index in [2.05, 4.69) is 31.4 Å². The van der Waals surface area contributed by atoms with E-state index in [4.69, 9.17) is 17.0 Å². The summed E-state index contributed by atoms with van der Waals surface area (Å²) >= 11 is 5.09. The Morgan fingerprint density at radius 1 is 1.44 bits per heavy atom. The van der Waals surface area contributed by atoms with Gasteiger partial charge in [0.25, 0.3) is 0 Å². The Labute approximate surface area is 103 Å². The predicted molar refractivity (Wildman–Crippen MR) is 69.3 cm³/mol. The number of methoxy groups -OCH3 is 1. The molecule has 16 heavy (non-hydrogen) atoms. The Morgan fingerprint density at radius 3 is 2.50 bits per heavy atom. The van der Waals surface area contributed by atoms with Crippen LogP contribution in [0.5, 0.6) is 0 Å². The standard InChI is InChI=1S/C11H22N2O2S/c1-5-6-12-11(16)13-9(7-8(2)3)10(14)15-4/h8-9H,5-7H2,1-4H3,(H2,12,13,16). The van der Waals surface area contributed by atoms with Crippen LogP contribution in [0.3, 0.4) is 0 Å². The van der Waals surface area contributed by atoms with Crippen LogP contribution >= 0.6 is 12.2 Å². The van der Waals surface area contributed by atoms with Gasteiger partial charge < -0.3 is 15.4 Å². The van der Waals surface area contributed by atoms with E-state index in [-0.39, 0.29) is 12.0 Å². The van der Waals surface area contributed by atoms with Crippen molar-refractivity contribution in [2.75, 3.05) is 13.7 Å². The molecular weight excluding hydrogens is 224 g/mol. The van der Waals surface area contributed by atoms with E-state index < -0.39 is 0 Å². The minimum absolute atomic E-state index is 0.269. The first-order valence-corrected chi connectivity index (χ1v) is 6.04. The van der Waals surface area contributed by atoms with Crippen LogP contribution in [-0.4, -0.2) is 30.8 Å². The second kappa shape index (κ2) is 8.33. The molecule has 0 rings (SSSR count). The Hall–Kier alpha value is -0.840. The lowest BCUT2D eigenvalue weighted by Crippen LogP contribution is -2.47. The fraction of sp³-hybridized carbons (Fsp3) is 0.818. The van der Waals surface area contributed by atoms with E-state index >= 15 is 0 Å².